The van der Waals surface area contributed by atoms with Gasteiger partial charge in [-0.25, -0.2) is 0 Å². The molecular weight excluding hydrogens is 308 g/mol. The third kappa shape index (κ3) is 2.66. The number of rotatable bonds is 2. The molecule has 0 aliphatic carbocycles. The minimum absolute atomic E-state index is 0.0554. The highest BCUT2D eigenvalue weighted by Gasteiger charge is 2.40. The van der Waals surface area contributed by atoms with E-state index >= 15 is 0 Å². The summed E-state index contributed by atoms with van der Waals surface area (Å²) in [6.45, 7) is 5.60. The second-order valence-electron chi connectivity index (χ2n) is 5.09. The third-order valence-corrected chi connectivity index (χ3v) is 3.81. The molecule has 0 radical (unpaired) electrons. The molecule has 2 amide bonds. The van der Waals surface area contributed by atoms with Crippen LogP contribution in [0.1, 0.15) is 20.8 Å². The van der Waals surface area contributed by atoms with Crippen LogP contribution in [-0.2, 0) is 9.59 Å². The van der Waals surface area contributed by atoms with Gasteiger partial charge < -0.3 is 5.32 Å². The van der Waals surface area contributed by atoms with Gasteiger partial charge in [0.15, 0.2) is 0 Å². The Morgan fingerprint density at radius 1 is 1.32 bits per heavy atom. The molecule has 102 valence electrons. The first-order valence-corrected chi connectivity index (χ1v) is 7.10. The number of carbonyl (C=O) groups excluding carboxylic acids is 2. The summed E-state index contributed by atoms with van der Waals surface area (Å²) in [7, 11) is 0. The van der Waals surface area contributed by atoms with Crippen molar-refractivity contribution in [3.8, 4) is 0 Å². The number of carbonyl (C=O) groups is 2. The van der Waals surface area contributed by atoms with Gasteiger partial charge in [0, 0.05) is 10.2 Å². The Bertz CT molecular complexity index is 516. The number of hydrogen-bond donors (Lipinski definition) is 1. The summed E-state index contributed by atoms with van der Waals surface area (Å²) < 4.78 is 0.886. The number of nitrogens with zero attached hydrogens (tertiary/aromatic N) is 1. The quantitative estimate of drug-likeness (QED) is 0.907. The Kier molecular flexibility index (Phi) is 3.94. The largest absolute Gasteiger partial charge is 0.342 e. The van der Waals surface area contributed by atoms with Crippen molar-refractivity contribution < 1.29 is 9.59 Å². The van der Waals surface area contributed by atoms with Crippen LogP contribution in [-0.4, -0.2) is 23.9 Å². The lowest BCUT2D eigenvalue weighted by Crippen LogP contribution is -2.64. The van der Waals surface area contributed by atoms with Crippen molar-refractivity contribution in [3.63, 3.8) is 0 Å². The topological polar surface area (TPSA) is 49.4 Å². The van der Waals surface area contributed by atoms with Crippen LogP contribution in [0.2, 0.25) is 0 Å². The van der Waals surface area contributed by atoms with Crippen molar-refractivity contribution in [2.45, 2.75) is 32.9 Å². The molecule has 1 aromatic rings. The summed E-state index contributed by atoms with van der Waals surface area (Å²) in [5, 5.41) is 2.79. The zero-order valence-corrected chi connectivity index (χ0v) is 12.8. The van der Waals surface area contributed by atoms with E-state index in [1.807, 2.05) is 38.1 Å². The van der Waals surface area contributed by atoms with E-state index in [-0.39, 0.29) is 17.7 Å². The maximum atomic E-state index is 12.5. The summed E-state index contributed by atoms with van der Waals surface area (Å²) in [6, 6.07) is 6.50. The first-order valence-electron chi connectivity index (χ1n) is 6.31. The van der Waals surface area contributed by atoms with Crippen LogP contribution in [0.3, 0.4) is 0 Å². The Labute approximate surface area is 121 Å². The lowest BCUT2D eigenvalue weighted by Gasteiger charge is -2.38. The fourth-order valence-electron chi connectivity index (χ4n) is 2.22. The highest BCUT2D eigenvalue weighted by Crippen LogP contribution is 2.26. The fraction of sp³-hybridized carbons (Fsp3) is 0.429. The molecule has 1 aliphatic rings. The minimum atomic E-state index is -0.489. The average Bonchev–Trinajstić information content (AvgIpc) is 2.34. The van der Waals surface area contributed by atoms with E-state index in [0.29, 0.717) is 0 Å². The molecule has 2 atom stereocenters. The molecule has 0 saturated carbocycles. The molecule has 0 aromatic heterocycles. The van der Waals surface area contributed by atoms with Crippen molar-refractivity contribution in [1.82, 2.24) is 5.32 Å². The van der Waals surface area contributed by atoms with E-state index in [1.54, 1.807) is 11.8 Å². The summed E-state index contributed by atoms with van der Waals surface area (Å²) in [5.41, 5.74) is 0.743. The minimum Gasteiger partial charge on any atom is -0.342 e. The number of piperazine rings is 1. The molecular formula is C14H17BrN2O2. The zero-order valence-electron chi connectivity index (χ0n) is 11.2. The first-order chi connectivity index (χ1) is 8.91. The highest BCUT2D eigenvalue weighted by molar-refractivity contribution is 9.10. The molecule has 1 aromatic carbocycles. The fourth-order valence-corrected chi connectivity index (χ4v) is 2.61. The van der Waals surface area contributed by atoms with Crippen LogP contribution < -0.4 is 10.2 Å². The number of anilines is 1. The second kappa shape index (κ2) is 5.33. The van der Waals surface area contributed by atoms with Crippen LogP contribution in [0.25, 0.3) is 0 Å². The summed E-state index contributed by atoms with van der Waals surface area (Å²) >= 11 is 3.39. The zero-order chi connectivity index (χ0) is 14.2. The highest BCUT2D eigenvalue weighted by atomic mass is 79.9. The molecule has 1 saturated heterocycles. The van der Waals surface area contributed by atoms with Gasteiger partial charge in [0.2, 0.25) is 5.91 Å². The van der Waals surface area contributed by atoms with Crippen molar-refractivity contribution in [3.05, 3.63) is 28.7 Å². The van der Waals surface area contributed by atoms with E-state index < -0.39 is 12.1 Å². The Balaban J connectivity index is 2.40. The molecule has 2 unspecified atom stereocenters. The molecule has 5 heteroatoms. The number of nitrogens with one attached hydrogen (secondary N) is 1. The van der Waals surface area contributed by atoms with E-state index in [2.05, 4.69) is 21.2 Å². The van der Waals surface area contributed by atoms with E-state index in [0.717, 1.165) is 10.2 Å². The number of hydrogen-bond acceptors (Lipinski definition) is 2. The smallest absolute Gasteiger partial charge is 0.250 e. The van der Waals surface area contributed by atoms with Crippen LogP contribution in [0, 0.1) is 5.92 Å². The normalized spacial score (nSPS) is 23.7. The number of amides is 2. The summed E-state index contributed by atoms with van der Waals surface area (Å²) in [5.74, 6) is -0.0999. The monoisotopic (exact) mass is 324 g/mol. The van der Waals surface area contributed by atoms with Crippen molar-refractivity contribution >= 4 is 33.4 Å². The number of benzene rings is 1. The second-order valence-corrected chi connectivity index (χ2v) is 6.01. The molecule has 4 nitrogen and oxygen atoms in total. The van der Waals surface area contributed by atoms with Gasteiger partial charge in [0.25, 0.3) is 5.91 Å². The van der Waals surface area contributed by atoms with Gasteiger partial charge >= 0.3 is 0 Å². The van der Waals surface area contributed by atoms with Gasteiger partial charge in [0.1, 0.15) is 12.1 Å². The van der Waals surface area contributed by atoms with E-state index in [1.165, 1.54) is 0 Å². The molecule has 1 heterocycles. The predicted octanol–water partition coefficient (Wildman–Crippen LogP) is 2.33. The van der Waals surface area contributed by atoms with Crippen LogP contribution in [0.15, 0.2) is 28.7 Å². The van der Waals surface area contributed by atoms with Crippen molar-refractivity contribution in [1.29, 1.82) is 0 Å². The maximum Gasteiger partial charge on any atom is 0.250 e. The third-order valence-electron chi connectivity index (χ3n) is 3.32. The molecule has 1 fully saturated rings. The number of halogens is 1. The lowest BCUT2D eigenvalue weighted by atomic mass is 9.98. The Morgan fingerprint density at radius 3 is 2.58 bits per heavy atom. The van der Waals surface area contributed by atoms with Crippen molar-refractivity contribution in [2.24, 2.45) is 5.92 Å². The van der Waals surface area contributed by atoms with Crippen LogP contribution >= 0.6 is 15.9 Å². The summed E-state index contributed by atoms with van der Waals surface area (Å²) in [6.07, 6.45) is 0. The molecule has 1 N–H and O–H groups in total. The Morgan fingerprint density at radius 2 is 2.00 bits per heavy atom. The van der Waals surface area contributed by atoms with Crippen LogP contribution in [0.4, 0.5) is 5.69 Å². The predicted molar refractivity (Wildman–Crippen MR) is 77.9 cm³/mol. The SMILES string of the molecule is CC(C)C1NC(=O)C(C)N(c2cccc(Br)c2)C1=O. The molecule has 2 rings (SSSR count). The molecule has 0 bridgehead atoms. The molecule has 19 heavy (non-hydrogen) atoms. The van der Waals surface area contributed by atoms with Crippen LogP contribution in [0.5, 0.6) is 0 Å². The van der Waals surface area contributed by atoms with Crippen molar-refractivity contribution in [2.75, 3.05) is 4.90 Å². The van der Waals surface area contributed by atoms with Gasteiger partial charge in [-0.15, -0.1) is 0 Å². The Hall–Kier alpha value is -1.36. The van der Waals surface area contributed by atoms with E-state index in [4.69, 9.17) is 0 Å². The van der Waals surface area contributed by atoms with Gasteiger partial charge in [-0.3, -0.25) is 14.5 Å². The maximum absolute atomic E-state index is 12.5. The average molecular weight is 325 g/mol. The molecule has 0 spiro atoms. The van der Waals surface area contributed by atoms with Gasteiger partial charge in [-0.2, -0.15) is 0 Å². The van der Waals surface area contributed by atoms with Gasteiger partial charge in [-0.05, 0) is 31.0 Å². The van der Waals surface area contributed by atoms with Gasteiger partial charge in [0.05, 0.1) is 0 Å². The van der Waals surface area contributed by atoms with Gasteiger partial charge in [-0.1, -0.05) is 35.8 Å². The summed E-state index contributed by atoms with van der Waals surface area (Å²) in [4.78, 5) is 26.1. The van der Waals surface area contributed by atoms with E-state index in [9.17, 15) is 9.59 Å². The standard InChI is InChI=1S/C14H17BrN2O2/c1-8(2)12-14(19)17(9(3)13(18)16-12)11-6-4-5-10(15)7-11/h4-9,12H,1-3H3,(H,16,18). The lowest BCUT2D eigenvalue weighted by molar-refractivity contribution is -0.134. The molecule has 1 aliphatic heterocycles. The first kappa shape index (κ1) is 14.1.